The molecule has 0 bridgehead atoms. The van der Waals surface area contributed by atoms with Gasteiger partial charge in [-0.3, -0.25) is 0 Å². The standard InChI is InChI=1S/C32H34O7/c1-35-25-14-10-22(11-15-25)18-37-20-32(34)21-39-30(31(32)38-19-23-12-16-26(36-2)17-13-23)29(33)28-9-5-7-24-6-3-4-8-27(24)28/h3-17,29-31,33-34H,18-21H2,1-2H3/t29-,30+,31+,32+/m1/s1. The van der Waals surface area contributed by atoms with Gasteiger partial charge in [-0.2, -0.15) is 0 Å². The summed E-state index contributed by atoms with van der Waals surface area (Å²) in [6.07, 6.45) is -2.67. The van der Waals surface area contributed by atoms with Crippen LogP contribution in [-0.2, 0) is 27.4 Å². The number of aliphatic hydroxyl groups is 2. The highest BCUT2D eigenvalue weighted by atomic mass is 16.6. The summed E-state index contributed by atoms with van der Waals surface area (Å²) in [5, 5.41) is 25.2. The third-order valence-corrected chi connectivity index (χ3v) is 7.18. The van der Waals surface area contributed by atoms with Crippen LogP contribution in [-0.4, -0.2) is 55.5 Å². The summed E-state index contributed by atoms with van der Waals surface area (Å²) in [6, 6.07) is 28.8. The molecular formula is C32H34O7. The third kappa shape index (κ3) is 6.08. The van der Waals surface area contributed by atoms with Crippen molar-refractivity contribution in [2.75, 3.05) is 27.4 Å². The smallest absolute Gasteiger partial charge is 0.140 e. The molecule has 1 fully saturated rings. The molecule has 4 atom stereocenters. The first-order valence-electron chi connectivity index (χ1n) is 13.0. The van der Waals surface area contributed by atoms with Crippen LogP contribution in [0.4, 0.5) is 0 Å². The Balaban J connectivity index is 1.35. The average molecular weight is 531 g/mol. The predicted octanol–water partition coefficient (Wildman–Crippen LogP) is 4.82. The SMILES string of the molecule is COc1ccc(COC[C@]2(O)CO[C@@H]([C@H](O)c3cccc4ccccc34)[C@@H]2OCc2ccc(OC)cc2)cc1. The van der Waals surface area contributed by atoms with Crippen molar-refractivity contribution in [2.45, 2.75) is 37.1 Å². The molecular weight excluding hydrogens is 496 g/mol. The van der Waals surface area contributed by atoms with E-state index in [0.717, 1.165) is 39.0 Å². The molecule has 1 aliphatic heterocycles. The summed E-state index contributed by atoms with van der Waals surface area (Å²) in [5.74, 6) is 1.51. The van der Waals surface area contributed by atoms with Gasteiger partial charge in [0.05, 0.1) is 40.6 Å². The molecule has 0 aliphatic carbocycles. The van der Waals surface area contributed by atoms with Crippen molar-refractivity contribution in [1.29, 1.82) is 0 Å². The second-order valence-electron chi connectivity index (χ2n) is 9.81. The van der Waals surface area contributed by atoms with Gasteiger partial charge in [0, 0.05) is 0 Å². The van der Waals surface area contributed by atoms with Crippen molar-refractivity contribution in [3.05, 3.63) is 108 Å². The molecule has 1 aliphatic rings. The van der Waals surface area contributed by atoms with Crippen LogP contribution in [0.25, 0.3) is 10.8 Å². The highest BCUT2D eigenvalue weighted by molar-refractivity contribution is 5.86. The highest BCUT2D eigenvalue weighted by Gasteiger charge is 2.52. The summed E-state index contributed by atoms with van der Waals surface area (Å²) in [6.45, 7) is 0.464. The van der Waals surface area contributed by atoms with E-state index < -0.39 is 23.9 Å². The predicted molar refractivity (Wildman–Crippen MR) is 148 cm³/mol. The fourth-order valence-electron chi connectivity index (χ4n) is 5.01. The van der Waals surface area contributed by atoms with Gasteiger partial charge in [0.25, 0.3) is 0 Å². The summed E-state index contributed by atoms with van der Waals surface area (Å²) in [4.78, 5) is 0. The number of benzene rings is 4. The molecule has 39 heavy (non-hydrogen) atoms. The Morgan fingerprint density at radius 3 is 2.10 bits per heavy atom. The zero-order chi connectivity index (χ0) is 27.2. The maximum absolute atomic E-state index is 11.7. The van der Waals surface area contributed by atoms with E-state index in [4.69, 9.17) is 23.7 Å². The van der Waals surface area contributed by atoms with Crippen molar-refractivity contribution in [3.63, 3.8) is 0 Å². The molecule has 7 heteroatoms. The lowest BCUT2D eigenvalue weighted by molar-refractivity contribution is -0.141. The first kappa shape index (κ1) is 27.1. The molecule has 2 N–H and O–H groups in total. The lowest BCUT2D eigenvalue weighted by Gasteiger charge is -2.32. The lowest BCUT2D eigenvalue weighted by atomic mass is 9.90. The molecule has 0 amide bonds. The van der Waals surface area contributed by atoms with Crippen LogP contribution in [0.3, 0.4) is 0 Å². The number of aliphatic hydroxyl groups excluding tert-OH is 1. The number of hydrogen-bond donors (Lipinski definition) is 2. The molecule has 4 aromatic carbocycles. The minimum atomic E-state index is -1.46. The van der Waals surface area contributed by atoms with Crippen LogP contribution in [0.5, 0.6) is 11.5 Å². The molecule has 0 saturated carbocycles. The first-order valence-corrected chi connectivity index (χ1v) is 13.0. The van der Waals surface area contributed by atoms with Gasteiger partial charge in [-0.25, -0.2) is 0 Å². The molecule has 0 radical (unpaired) electrons. The van der Waals surface area contributed by atoms with Crippen molar-refractivity contribution in [2.24, 2.45) is 0 Å². The van der Waals surface area contributed by atoms with Crippen LogP contribution >= 0.6 is 0 Å². The monoisotopic (exact) mass is 530 g/mol. The normalized spacial score (nSPS) is 21.6. The Labute approximate surface area is 228 Å². The van der Waals surface area contributed by atoms with Crippen LogP contribution in [0.15, 0.2) is 91.0 Å². The molecule has 204 valence electrons. The van der Waals surface area contributed by atoms with E-state index >= 15 is 0 Å². The van der Waals surface area contributed by atoms with E-state index in [1.165, 1.54) is 0 Å². The van der Waals surface area contributed by atoms with Crippen molar-refractivity contribution in [3.8, 4) is 11.5 Å². The Kier molecular flexibility index (Phi) is 8.45. The fraction of sp³-hybridized carbons (Fsp3) is 0.312. The lowest BCUT2D eigenvalue weighted by Crippen LogP contribution is -2.50. The Morgan fingerprint density at radius 2 is 1.44 bits per heavy atom. The average Bonchev–Trinajstić information content (AvgIpc) is 3.31. The Morgan fingerprint density at radius 1 is 0.821 bits per heavy atom. The van der Waals surface area contributed by atoms with Gasteiger partial charge >= 0.3 is 0 Å². The largest absolute Gasteiger partial charge is 0.497 e. The van der Waals surface area contributed by atoms with Gasteiger partial charge in [-0.05, 0) is 51.7 Å². The van der Waals surface area contributed by atoms with Crippen molar-refractivity contribution < 1.29 is 33.9 Å². The first-order chi connectivity index (χ1) is 19.0. The molecule has 1 heterocycles. The number of rotatable bonds is 11. The van der Waals surface area contributed by atoms with Gasteiger partial charge in [0.2, 0.25) is 0 Å². The molecule has 7 nitrogen and oxygen atoms in total. The van der Waals surface area contributed by atoms with Gasteiger partial charge in [0.1, 0.15) is 35.4 Å². The Bertz CT molecular complexity index is 1350. The number of hydrogen-bond acceptors (Lipinski definition) is 7. The minimum Gasteiger partial charge on any atom is -0.497 e. The van der Waals surface area contributed by atoms with E-state index in [9.17, 15) is 10.2 Å². The van der Waals surface area contributed by atoms with Crippen LogP contribution in [0.2, 0.25) is 0 Å². The maximum Gasteiger partial charge on any atom is 0.140 e. The van der Waals surface area contributed by atoms with Crippen LogP contribution in [0, 0.1) is 0 Å². The molecule has 5 rings (SSSR count). The minimum absolute atomic E-state index is 0.0228. The van der Waals surface area contributed by atoms with Crippen molar-refractivity contribution >= 4 is 10.8 Å². The van der Waals surface area contributed by atoms with Gasteiger partial charge in [-0.1, -0.05) is 66.7 Å². The second kappa shape index (κ2) is 12.2. The number of methoxy groups -OCH3 is 2. The maximum atomic E-state index is 11.7. The van der Waals surface area contributed by atoms with Gasteiger partial charge in [0.15, 0.2) is 0 Å². The quantitative estimate of drug-likeness (QED) is 0.288. The zero-order valence-electron chi connectivity index (χ0n) is 22.2. The van der Waals surface area contributed by atoms with E-state index in [0.29, 0.717) is 6.61 Å². The summed E-state index contributed by atoms with van der Waals surface area (Å²) < 4.78 is 28.8. The van der Waals surface area contributed by atoms with Crippen LogP contribution < -0.4 is 9.47 Å². The van der Waals surface area contributed by atoms with Gasteiger partial charge in [-0.15, -0.1) is 0 Å². The van der Waals surface area contributed by atoms with E-state index in [2.05, 4.69) is 0 Å². The van der Waals surface area contributed by atoms with Crippen molar-refractivity contribution in [1.82, 2.24) is 0 Å². The molecule has 0 spiro atoms. The second-order valence-corrected chi connectivity index (χ2v) is 9.81. The molecule has 1 saturated heterocycles. The van der Waals surface area contributed by atoms with Gasteiger partial charge < -0.3 is 33.9 Å². The molecule has 0 aromatic heterocycles. The Hall–Kier alpha value is -3.46. The van der Waals surface area contributed by atoms with E-state index in [1.807, 2.05) is 91.0 Å². The highest BCUT2D eigenvalue weighted by Crippen LogP contribution is 2.38. The topological polar surface area (TPSA) is 86.6 Å². The summed E-state index contributed by atoms with van der Waals surface area (Å²) in [7, 11) is 3.24. The number of fused-ring (bicyclic) bond motifs is 1. The zero-order valence-corrected chi connectivity index (χ0v) is 22.2. The summed E-state index contributed by atoms with van der Waals surface area (Å²) in [5.41, 5.74) is 1.11. The van der Waals surface area contributed by atoms with Crippen LogP contribution in [0.1, 0.15) is 22.8 Å². The van der Waals surface area contributed by atoms with E-state index in [-0.39, 0.29) is 19.8 Å². The molecule has 4 aromatic rings. The fourth-order valence-corrected chi connectivity index (χ4v) is 5.01. The van der Waals surface area contributed by atoms with E-state index in [1.54, 1.807) is 14.2 Å². The summed E-state index contributed by atoms with van der Waals surface area (Å²) >= 11 is 0. The third-order valence-electron chi connectivity index (χ3n) is 7.18. The molecule has 0 unspecified atom stereocenters. The number of ether oxygens (including phenoxy) is 5.